The monoisotopic (exact) mass is 236 g/mol. The van der Waals surface area contributed by atoms with Crippen LogP contribution >= 0.6 is 0 Å². The molecule has 0 radical (unpaired) electrons. The molecule has 4 atom stereocenters. The van der Waals surface area contributed by atoms with E-state index in [2.05, 4.69) is 0 Å². The molecule has 1 saturated heterocycles. The Kier molecular flexibility index (Phi) is 5.10. The Hall–Kier alpha value is -0.240. The van der Waals surface area contributed by atoms with Crippen molar-refractivity contribution in [2.75, 3.05) is 41.7 Å². The van der Waals surface area contributed by atoms with Gasteiger partial charge in [-0.1, -0.05) is 0 Å². The number of aliphatic hydroxyl groups excluding tert-OH is 1. The lowest BCUT2D eigenvalue weighted by Crippen LogP contribution is -2.49. The molecule has 1 rings (SSSR count). The number of methoxy groups -OCH3 is 4. The normalized spacial score (nSPS) is 39.2. The molecule has 0 amide bonds. The fourth-order valence-corrected chi connectivity index (χ4v) is 2.11. The molecule has 16 heavy (non-hydrogen) atoms. The maximum Gasteiger partial charge on any atom is 0.221 e. The van der Waals surface area contributed by atoms with Crippen molar-refractivity contribution in [2.24, 2.45) is 0 Å². The van der Waals surface area contributed by atoms with Crippen molar-refractivity contribution in [2.45, 2.75) is 24.1 Å². The molecule has 1 heterocycles. The van der Waals surface area contributed by atoms with Gasteiger partial charge in [0.25, 0.3) is 0 Å². The van der Waals surface area contributed by atoms with E-state index >= 15 is 0 Å². The highest BCUT2D eigenvalue weighted by Crippen LogP contribution is 2.35. The lowest BCUT2D eigenvalue weighted by Gasteiger charge is -2.31. The molecule has 0 aliphatic carbocycles. The quantitative estimate of drug-likeness (QED) is 0.664. The topological polar surface area (TPSA) is 66.4 Å². The van der Waals surface area contributed by atoms with Crippen LogP contribution in [0.1, 0.15) is 0 Å². The van der Waals surface area contributed by atoms with E-state index in [1.165, 1.54) is 7.11 Å². The SMILES string of the molecule is COC[C@@]1(OC)O[C@H](CO)[C@@H](OC)[C@@H]1OC. The largest absolute Gasteiger partial charge is 0.394 e. The Labute approximate surface area is 95.4 Å². The number of ether oxygens (including phenoxy) is 5. The molecule has 0 aromatic heterocycles. The molecule has 0 aromatic rings. The van der Waals surface area contributed by atoms with Crippen molar-refractivity contribution in [3.8, 4) is 0 Å². The van der Waals surface area contributed by atoms with Gasteiger partial charge >= 0.3 is 0 Å². The van der Waals surface area contributed by atoms with Crippen LogP contribution in [0.5, 0.6) is 0 Å². The van der Waals surface area contributed by atoms with E-state index in [4.69, 9.17) is 23.7 Å². The molecule has 0 spiro atoms. The van der Waals surface area contributed by atoms with Crippen LogP contribution in [0.15, 0.2) is 0 Å². The second kappa shape index (κ2) is 5.90. The van der Waals surface area contributed by atoms with Crippen molar-refractivity contribution in [1.82, 2.24) is 0 Å². The number of aliphatic hydroxyl groups is 1. The predicted octanol–water partition coefficient (Wildman–Crippen LogP) is -0.603. The summed E-state index contributed by atoms with van der Waals surface area (Å²) in [4.78, 5) is 0. The number of rotatable bonds is 6. The van der Waals surface area contributed by atoms with Gasteiger partial charge in [0.1, 0.15) is 24.9 Å². The smallest absolute Gasteiger partial charge is 0.221 e. The molecule has 6 heteroatoms. The molecule has 1 aliphatic rings. The van der Waals surface area contributed by atoms with Gasteiger partial charge < -0.3 is 28.8 Å². The zero-order chi connectivity index (χ0) is 12.2. The fourth-order valence-electron chi connectivity index (χ4n) is 2.11. The van der Waals surface area contributed by atoms with Gasteiger partial charge in [-0.15, -0.1) is 0 Å². The first-order valence-corrected chi connectivity index (χ1v) is 5.07. The van der Waals surface area contributed by atoms with Gasteiger partial charge in [-0.3, -0.25) is 0 Å². The molecule has 1 fully saturated rings. The third-order valence-corrected chi connectivity index (χ3v) is 2.85. The van der Waals surface area contributed by atoms with Crippen LogP contribution in [0, 0.1) is 0 Å². The minimum absolute atomic E-state index is 0.160. The summed E-state index contributed by atoms with van der Waals surface area (Å²) in [5, 5.41) is 9.22. The van der Waals surface area contributed by atoms with E-state index in [0.29, 0.717) is 0 Å². The molecule has 1 N–H and O–H groups in total. The lowest BCUT2D eigenvalue weighted by molar-refractivity contribution is -0.271. The minimum Gasteiger partial charge on any atom is -0.394 e. The molecule has 1 aliphatic heterocycles. The van der Waals surface area contributed by atoms with Gasteiger partial charge in [0.15, 0.2) is 0 Å². The number of hydrogen-bond acceptors (Lipinski definition) is 6. The average molecular weight is 236 g/mol. The van der Waals surface area contributed by atoms with Gasteiger partial charge in [0.2, 0.25) is 5.79 Å². The molecule has 0 bridgehead atoms. The predicted molar refractivity (Wildman–Crippen MR) is 55.2 cm³/mol. The second-order valence-electron chi connectivity index (χ2n) is 3.64. The van der Waals surface area contributed by atoms with Crippen molar-refractivity contribution < 1.29 is 28.8 Å². The van der Waals surface area contributed by atoms with E-state index in [0.717, 1.165) is 0 Å². The Morgan fingerprint density at radius 3 is 2.25 bits per heavy atom. The van der Waals surface area contributed by atoms with Crippen LogP contribution in [0.25, 0.3) is 0 Å². The summed E-state index contributed by atoms with van der Waals surface area (Å²) in [5.74, 6) is -1.03. The summed E-state index contributed by atoms with van der Waals surface area (Å²) in [5.41, 5.74) is 0. The van der Waals surface area contributed by atoms with E-state index in [9.17, 15) is 5.11 Å². The van der Waals surface area contributed by atoms with Crippen molar-refractivity contribution in [3.05, 3.63) is 0 Å². The highest BCUT2D eigenvalue weighted by atomic mass is 16.8. The second-order valence-corrected chi connectivity index (χ2v) is 3.64. The Morgan fingerprint density at radius 2 is 1.88 bits per heavy atom. The summed E-state index contributed by atoms with van der Waals surface area (Å²) in [6, 6.07) is 0. The fraction of sp³-hybridized carbons (Fsp3) is 1.00. The molecule has 6 nitrogen and oxygen atoms in total. The summed E-state index contributed by atoms with van der Waals surface area (Å²) >= 11 is 0. The van der Waals surface area contributed by atoms with E-state index < -0.39 is 18.0 Å². The lowest BCUT2D eigenvalue weighted by atomic mass is 10.1. The first-order chi connectivity index (χ1) is 7.68. The van der Waals surface area contributed by atoms with Crippen LogP contribution in [-0.2, 0) is 23.7 Å². The van der Waals surface area contributed by atoms with E-state index in [-0.39, 0.29) is 19.3 Å². The third kappa shape index (κ3) is 2.22. The summed E-state index contributed by atoms with van der Waals surface area (Å²) in [6.45, 7) is 0.0472. The molecule has 0 unspecified atom stereocenters. The first-order valence-electron chi connectivity index (χ1n) is 5.07. The summed E-state index contributed by atoms with van der Waals surface area (Å²) in [6.07, 6.45) is -1.31. The van der Waals surface area contributed by atoms with Gasteiger partial charge in [0, 0.05) is 28.4 Å². The van der Waals surface area contributed by atoms with Crippen molar-refractivity contribution >= 4 is 0 Å². The van der Waals surface area contributed by atoms with Crippen LogP contribution in [0.4, 0.5) is 0 Å². The van der Waals surface area contributed by atoms with Crippen LogP contribution < -0.4 is 0 Å². The van der Waals surface area contributed by atoms with E-state index in [1.54, 1.807) is 21.3 Å². The maximum absolute atomic E-state index is 9.22. The zero-order valence-corrected chi connectivity index (χ0v) is 10.1. The van der Waals surface area contributed by atoms with Crippen molar-refractivity contribution in [3.63, 3.8) is 0 Å². The summed E-state index contributed by atoms with van der Waals surface area (Å²) in [7, 11) is 6.15. The Morgan fingerprint density at radius 1 is 1.19 bits per heavy atom. The molecule has 96 valence electrons. The third-order valence-electron chi connectivity index (χ3n) is 2.85. The van der Waals surface area contributed by atoms with Gasteiger partial charge in [-0.25, -0.2) is 0 Å². The molecular weight excluding hydrogens is 216 g/mol. The van der Waals surface area contributed by atoms with Crippen LogP contribution in [0.3, 0.4) is 0 Å². The Bertz CT molecular complexity index is 211. The van der Waals surface area contributed by atoms with E-state index in [1.807, 2.05) is 0 Å². The van der Waals surface area contributed by atoms with Crippen LogP contribution in [-0.4, -0.2) is 70.9 Å². The standard InChI is InChI=1S/C10H20O6/c1-12-6-10(15-4)9(14-3)8(13-2)7(5-11)16-10/h7-9,11H,5-6H2,1-4H3/t7-,8-,9+,10-/m1/s1. The van der Waals surface area contributed by atoms with Crippen LogP contribution in [0.2, 0.25) is 0 Å². The zero-order valence-electron chi connectivity index (χ0n) is 10.1. The molecule has 0 aromatic carbocycles. The van der Waals surface area contributed by atoms with Gasteiger partial charge in [-0.2, -0.15) is 0 Å². The van der Waals surface area contributed by atoms with Gasteiger partial charge in [-0.05, 0) is 0 Å². The average Bonchev–Trinajstić information content (AvgIpc) is 2.63. The van der Waals surface area contributed by atoms with Crippen molar-refractivity contribution in [1.29, 1.82) is 0 Å². The first kappa shape index (κ1) is 13.8. The van der Waals surface area contributed by atoms with Gasteiger partial charge in [0.05, 0.1) is 6.61 Å². The molecular formula is C10H20O6. The Balaban J connectivity index is 2.91. The summed E-state index contributed by atoms with van der Waals surface area (Å²) < 4.78 is 26.7. The molecule has 0 saturated carbocycles. The number of hydrogen-bond donors (Lipinski definition) is 1. The maximum atomic E-state index is 9.22. The highest BCUT2D eigenvalue weighted by molar-refractivity contribution is 4.98. The highest BCUT2D eigenvalue weighted by Gasteiger charge is 2.56. The minimum atomic E-state index is -1.03.